The Bertz CT molecular complexity index is 2130. The third kappa shape index (κ3) is 5.21. The lowest BCUT2D eigenvalue weighted by molar-refractivity contribution is 0.0692. The Morgan fingerprint density at radius 2 is 1.00 bits per heavy atom. The second kappa shape index (κ2) is 11.7. The Hall–Kier alpha value is -6.02. The molecule has 0 N–H and O–H groups in total. The highest BCUT2D eigenvalue weighted by Crippen LogP contribution is 2.37. The van der Waals surface area contributed by atoms with E-state index in [1.54, 1.807) is 42.5 Å². The maximum Gasteiger partial charge on any atom is 0.266 e. The Kier molecular flexibility index (Phi) is 7.43. The third-order valence-corrected chi connectivity index (χ3v) is 9.12. The molecule has 8 heteroatoms. The summed E-state index contributed by atoms with van der Waals surface area (Å²) in [6.07, 6.45) is 0.803. The van der Waals surface area contributed by atoms with Gasteiger partial charge in [0.1, 0.15) is 23.0 Å². The van der Waals surface area contributed by atoms with Crippen LogP contribution in [0.25, 0.3) is 0 Å². The molecule has 5 aromatic carbocycles. The predicted octanol–water partition coefficient (Wildman–Crippen LogP) is 8.19. The van der Waals surface area contributed by atoms with Gasteiger partial charge in [-0.15, -0.1) is 0 Å². The number of rotatable bonds is 8. The van der Waals surface area contributed by atoms with Crippen molar-refractivity contribution in [1.29, 1.82) is 0 Å². The van der Waals surface area contributed by atoms with Crippen LogP contribution in [-0.4, -0.2) is 35.6 Å². The van der Waals surface area contributed by atoms with Crippen LogP contribution in [0.3, 0.4) is 0 Å². The van der Waals surface area contributed by atoms with Gasteiger partial charge in [0.2, 0.25) is 0 Å². The van der Waals surface area contributed by atoms with Gasteiger partial charge in [0.25, 0.3) is 23.6 Å². The average Bonchev–Trinajstić information content (AvgIpc) is 3.47. The number of amides is 4. The number of nitrogens with zero attached hydrogens (tertiary/aromatic N) is 2. The van der Waals surface area contributed by atoms with E-state index in [0.717, 1.165) is 28.0 Å². The normalized spacial score (nSPS) is 14.0. The number of anilines is 1. The number of benzene rings is 5. The van der Waals surface area contributed by atoms with Gasteiger partial charge in [-0.05, 0) is 95.9 Å². The second-order valence-corrected chi connectivity index (χ2v) is 12.4. The standard InChI is InChI=1S/C40H32N2O6/c1-5-24-7-6-8-27(21-24)42-38(45)33-20-18-31(23-35(33)39(42)46)48-29-15-11-26(12-16-29)40(2,3)25-9-13-28(14-10-25)47-30-17-19-32-34(22-30)37(44)41(4)36(32)43/h6-23H,5H2,1-4H3. The average molecular weight is 637 g/mol. The molecule has 238 valence electrons. The van der Waals surface area contributed by atoms with Gasteiger partial charge in [-0.2, -0.15) is 0 Å². The van der Waals surface area contributed by atoms with Gasteiger partial charge in [0.05, 0.1) is 27.9 Å². The van der Waals surface area contributed by atoms with Crippen LogP contribution in [-0.2, 0) is 11.8 Å². The van der Waals surface area contributed by atoms with E-state index in [0.29, 0.717) is 50.9 Å². The van der Waals surface area contributed by atoms with Crippen molar-refractivity contribution in [2.45, 2.75) is 32.6 Å². The first-order valence-corrected chi connectivity index (χ1v) is 15.7. The van der Waals surface area contributed by atoms with Gasteiger partial charge in [-0.25, -0.2) is 4.90 Å². The van der Waals surface area contributed by atoms with E-state index in [2.05, 4.69) is 13.8 Å². The van der Waals surface area contributed by atoms with E-state index in [1.165, 1.54) is 11.9 Å². The van der Waals surface area contributed by atoms with Crippen LogP contribution in [0.15, 0.2) is 109 Å². The number of aryl methyl sites for hydroxylation is 1. The molecule has 0 aliphatic carbocycles. The number of carbonyl (C=O) groups excluding carboxylic acids is 4. The van der Waals surface area contributed by atoms with Gasteiger partial charge < -0.3 is 9.47 Å². The van der Waals surface area contributed by atoms with Crippen molar-refractivity contribution in [3.05, 3.63) is 148 Å². The number of imide groups is 2. The number of fused-ring (bicyclic) bond motifs is 2. The molecular weight excluding hydrogens is 604 g/mol. The summed E-state index contributed by atoms with van der Waals surface area (Å²) in [5.74, 6) is 0.790. The smallest absolute Gasteiger partial charge is 0.266 e. The number of hydrogen-bond acceptors (Lipinski definition) is 6. The van der Waals surface area contributed by atoms with E-state index in [4.69, 9.17) is 9.47 Å². The molecule has 7 rings (SSSR count). The van der Waals surface area contributed by atoms with E-state index in [1.807, 2.05) is 73.7 Å². The van der Waals surface area contributed by atoms with Crippen molar-refractivity contribution < 1.29 is 28.7 Å². The molecule has 0 fully saturated rings. The molecule has 0 radical (unpaired) electrons. The van der Waals surface area contributed by atoms with Crippen LogP contribution in [0.2, 0.25) is 0 Å². The highest BCUT2D eigenvalue weighted by Gasteiger charge is 2.37. The molecule has 2 heterocycles. The number of carbonyl (C=O) groups is 4. The molecule has 4 amide bonds. The highest BCUT2D eigenvalue weighted by molar-refractivity contribution is 6.34. The maximum atomic E-state index is 13.3. The topological polar surface area (TPSA) is 93.2 Å². The van der Waals surface area contributed by atoms with Crippen LogP contribution in [0.5, 0.6) is 23.0 Å². The largest absolute Gasteiger partial charge is 0.457 e. The molecule has 0 spiro atoms. The Balaban J connectivity index is 1.03. The zero-order chi connectivity index (χ0) is 33.7. The molecule has 0 saturated heterocycles. The zero-order valence-electron chi connectivity index (χ0n) is 26.9. The van der Waals surface area contributed by atoms with Gasteiger partial charge in [-0.1, -0.05) is 57.2 Å². The maximum absolute atomic E-state index is 13.3. The molecule has 2 aliphatic rings. The fraction of sp³-hybridized carbons (Fsp3) is 0.150. The molecule has 48 heavy (non-hydrogen) atoms. The second-order valence-electron chi connectivity index (χ2n) is 12.4. The van der Waals surface area contributed by atoms with Crippen LogP contribution in [0.4, 0.5) is 5.69 Å². The fourth-order valence-corrected chi connectivity index (χ4v) is 6.16. The van der Waals surface area contributed by atoms with E-state index < -0.39 is 0 Å². The molecule has 2 aliphatic heterocycles. The van der Waals surface area contributed by atoms with E-state index >= 15 is 0 Å². The van der Waals surface area contributed by atoms with Crippen LogP contribution >= 0.6 is 0 Å². The summed E-state index contributed by atoms with van der Waals surface area (Å²) in [6.45, 7) is 6.28. The lowest BCUT2D eigenvalue weighted by Crippen LogP contribution is -2.29. The van der Waals surface area contributed by atoms with E-state index in [9.17, 15) is 19.2 Å². The quantitative estimate of drug-likeness (QED) is 0.160. The summed E-state index contributed by atoms with van der Waals surface area (Å²) < 4.78 is 12.1. The molecule has 5 aromatic rings. The van der Waals surface area contributed by atoms with Crippen LogP contribution in [0, 0.1) is 0 Å². The summed E-state index contributed by atoms with van der Waals surface area (Å²) in [5.41, 5.74) is 4.78. The minimum Gasteiger partial charge on any atom is -0.457 e. The van der Waals surface area contributed by atoms with Crippen molar-refractivity contribution in [2.24, 2.45) is 0 Å². The monoisotopic (exact) mass is 636 g/mol. The highest BCUT2D eigenvalue weighted by atomic mass is 16.5. The summed E-state index contributed by atoms with van der Waals surface area (Å²) in [7, 11) is 1.47. The minimum atomic E-state index is -0.367. The molecule has 0 atom stereocenters. The Morgan fingerprint density at radius 1 is 0.542 bits per heavy atom. The molecular formula is C40H32N2O6. The van der Waals surface area contributed by atoms with E-state index in [-0.39, 0.29) is 29.0 Å². The summed E-state index contributed by atoms with van der Waals surface area (Å²) in [6, 6.07) is 32.9. The Morgan fingerprint density at radius 3 is 1.54 bits per heavy atom. The molecule has 0 aromatic heterocycles. The summed E-state index contributed by atoms with van der Waals surface area (Å²) in [5, 5.41) is 0. The molecule has 0 saturated carbocycles. The Labute approximate surface area is 278 Å². The van der Waals surface area contributed by atoms with Gasteiger partial charge >= 0.3 is 0 Å². The predicted molar refractivity (Wildman–Crippen MR) is 181 cm³/mol. The molecule has 0 bridgehead atoms. The summed E-state index contributed by atoms with van der Waals surface area (Å²) in [4.78, 5) is 53.3. The number of hydrogen-bond donors (Lipinski definition) is 0. The van der Waals surface area contributed by atoms with Gasteiger partial charge in [-0.3, -0.25) is 24.1 Å². The number of ether oxygens (including phenoxy) is 2. The van der Waals surface area contributed by atoms with Gasteiger partial charge in [0, 0.05) is 12.5 Å². The first-order valence-electron chi connectivity index (χ1n) is 15.7. The lowest BCUT2D eigenvalue weighted by atomic mass is 9.78. The van der Waals surface area contributed by atoms with Crippen molar-refractivity contribution in [3.8, 4) is 23.0 Å². The van der Waals surface area contributed by atoms with Crippen molar-refractivity contribution in [1.82, 2.24) is 4.90 Å². The first-order chi connectivity index (χ1) is 23.0. The van der Waals surface area contributed by atoms with Crippen molar-refractivity contribution in [3.63, 3.8) is 0 Å². The van der Waals surface area contributed by atoms with Crippen LogP contribution in [0.1, 0.15) is 78.9 Å². The van der Waals surface area contributed by atoms with Crippen molar-refractivity contribution in [2.75, 3.05) is 11.9 Å². The minimum absolute atomic E-state index is 0.314. The van der Waals surface area contributed by atoms with Crippen LogP contribution < -0.4 is 14.4 Å². The lowest BCUT2D eigenvalue weighted by Gasteiger charge is -2.26. The van der Waals surface area contributed by atoms with Gasteiger partial charge in [0.15, 0.2) is 0 Å². The zero-order valence-corrected chi connectivity index (χ0v) is 26.9. The summed E-state index contributed by atoms with van der Waals surface area (Å²) >= 11 is 0. The first kappa shape index (κ1) is 30.6. The van der Waals surface area contributed by atoms with Crippen molar-refractivity contribution >= 4 is 29.3 Å². The third-order valence-electron chi connectivity index (χ3n) is 9.12. The fourth-order valence-electron chi connectivity index (χ4n) is 6.16. The molecule has 8 nitrogen and oxygen atoms in total. The molecule has 0 unspecified atom stereocenters. The SMILES string of the molecule is CCc1cccc(N2C(=O)c3ccc(Oc4ccc(C(C)(C)c5ccc(Oc6ccc7c(c6)C(=O)N(C)C7=O)cc5)cc4)cc3C2=O)c1.